The van der Waals surface area contributed by atoms with Gasteiger partial charge in [0.2, 0.25) is 5.76 Å². The molecule has 0 bridgehead atoms. The van der Waals surface area contributed by atoms with Gasteiger partial charge in [-0.05, 0) is 13.8 Å². The molecule has 6 nitrogen and oxygen atoms in total. The van der Waals surface area contributed by atoms with Crippen LogP contribution in [0.25, 0.3) is 0 Å². The Morgan fingerprint density at radius 3 is 2.47 bits per heavy atom. The molecule has 1 unspecified atom stereocenters. The van der Waals surface area contributed by atoms with Crippen molar-refractivity contribution in [1.29, 1.82) is 0 Å². The maximum absolute atomic E-state index is 10.9. The van der Waals surface area contributed by atoms with Crippen molar-refractivity contribution in [2.45, 2.75) is 31.8 Å². The van der Waals surface area contributed by atoms with Gasteiger partial charge in [-0.15, -0.1) is 0 Å². The molecular weight excluding hydrogens is 204 g/mol. The number of carbonyl (C=O) groups is 1. The number of carbonyl (C=O) groups excluding carboxylic acids is 1. The number of hydrogen-bond donors (Lipinski definition) is 2. The van der Waals surface area contributed by atoms with Crippen molar-refractivity contribution < 1.29 is 29.2 Å². The number of esters is 1. The molecule has 2 atom stereocenters. The summed E-state index contributed by atoms with van der Waals surface area (Å²) in [6.07, 6.45) is -1.56. The first-order chi connectivity index (χ1) is 6.91. The van der Waals surface area contributed by atoms with Gasteiger partial charge in [-0.25, -0.2) is 4.79 Å². The van der Waals surface area contributed by atoms with Gasteiger partial charge in [0.05, 0.1) is 6.61 Å². The van der Waals surface area contributed by atoms with E-state index in [0.717, 1.165) is 0 Å². The summed E-state index contributed by atoms with van der Waals surface area (Å²) >= 11 is 0. The fourth-order valence-electron chi connectivity index (χ4n) is 1.58. The second-order valence-corrected chi connectivity index (χ2v) is 3.93. The fourth-order valence-corrected chi connectivity index (χ4v) is 1.58. The monoisotopic (exact) mass is 216 g/mol. The van der Waals surface area contributed by atoms with Gasteiger partial charge >= 0.3 is 5.97 Å². The van der Waals surface area contributed by atoms with Crippen LogP contribution >= 0.6 is 0 Å². The molecule has 2 aliphatic rings. The predicted molar refractivity (Wildman–Crippen MR) is 47.1 cm³/mol. The second kappa shape index (κ2) is 3.11. The zero-order valence-electron chi connectivity index (χ0n) is 8.39. The first-order valence-electron chi connectivity index (χ1n) is 4.55. The van der Waals surface area contributed by atoms with E-state index >= 15 is 0 Å². The van der Waals surface area contributed by atoms with Crippen LogP contribution in [0.2, 0.25) is 0 Å². The highest BCUT2D eigenvalue weighted by Crippen LogP contribution is 2.31. The van der Waals surface area contributed by atoms with Gasteiger partial charge in [0, 0.05) is 0 Å². The molecule has 84 valence electrons. The molecule has 1 saturated heterocycles. The van der Waals surface area contributed by atoms with Crippen molar-refractivity contribution >= 4 is 5.97 Å². The van der Waals surface area contributed by atoms with Crippen LogP contribution < -0.4 is 0 Å². The average Bonchev–Trinajstić information content (AvgIpc) is 2.62. The maximum Gasteiger partial charge on any atom is 0.377 e. The zero-order chi connectivity index (χ0) is 11.2. The number of rotatable bonds is 1. The van der Waals surface area contributed by atoms with Crippen LogP contribution in [-0.4, -0.2) is 40.8 Å². The average molecular weight is 216 g/mol. The quantitative estimate of drug-likeness (QED) is 0.617. The van der Waals surface area contributed by atoms with Gasteiger partial charge < -0.3 is 24.4 Å². The van der Waals surface area contributed by atoms with E-state index in [2.05, 4.69) is 0 Å². The summed E-state index contributed by atoms with van der Waals surface area (Å²) < 4.78 is 15.4. The third-order valence-corrected chi connectivity index (χ3v) is 2.31. The standard InChI is InChI=1S/C9H12O6/c1-9(2)13-3-4(15-9)7-5(10)6(11)8(12)14-7/h4,7,10-11H,3H2,1-2H3/t4?,7-/m1/s1. The van der Waals surface area contributed by atoms with Crippen LogP contribution in [0.3, 0.4) is 0 Å². The Balaban J connectivity index is 2.12. The first kappa shape index (κ1) is 10.3. The summed E-state index contributed by atoms with van der Waals surface area (Å²) in [5.41, 5.74) is 0. The lowest BCUT2D eigenvalue weighted by Gasteiger charge is -2.19. The number of aliphatic hydroxyl groups excluding tert-OH is 2. The van der Waals surface area contributed by atoms with Gasteiger partial charge in [0.1, 0.15) is 6.10 Å². The summed E-state index contributed by atoms with van der Waals surface area (Å²) in [6, 6.07) is 0. The predicted octanol–water partition coefficient (Wildman–Crippen LogP) is 0.391. The third-order valence-electron chi connectivity index (χ3n) is 2.31. The topological polar surface area (TPSA) is 85.2 Å². The van der Waals surface area contributed by atoms with Gasteiger partial charge in [0.25, 0.3) is 0 Å². The Hall–Kier alpha value is -1.27. The van der Waals surface area contributed by atoms with Crippen molar-refractivity contribution in [3.8, 4) is 0 Å². The lowest BCUT2D eigenvalue weighted by Crippen LogP contribution is -2.32. The Morgan fingerprint density at radius 1 is 1.40 bits per heavy atom. The van der Waals surface area contributed by atoms with Gasteiger partial charge in [-0.2, -0.15) is 0 Å². The Bertz CT molecular complexity index is 331. The molecule has 6 heteroatoms. The molecule has 2 heterocycles. The lowest BCUT2D eigenvalue weighted by molar-refractivity contribution is -0.163. The number of hydrogen-bond acceptors (Lipinski definition) is 6. The van der Waals surface area contributed by atoms with Gasteiger partial charge in [-0.1, -0.05) is 0 Å². The molecule has 0 aromatic heterocycles. The van der Waals surface area contributed by atoms with Crippen LogP contribution in [0.15, 0.2) is 11.5 Å². The molecule has 0 radical (unpaired) electrons. The van der Waals surface area contributed by atoms with Gasteiger partial charge in [0.15, 0.2) is 17.7 Å². The van der Waals surface area contributed by atoms with Crippen molar-refractivity contribution in [2.24, 2.45) is 0 Å². The van der Waals surface area contributed by atoms with Crippen LogP contribution in [0.1, 0.15) is 13.8 Å². The van der Waals surface area contributed by atoms with E-state index in [4.69, 9.17) is 19.3 Å². The molecule has 0 spiro atoms. The van der Waals surface area contributed by atoms with Crippen LogP contribution in [0, 0.1) is 0 Å². The minimum Gasteiger partial charge on any atom is -0.505 e. The molecule has 0 aromatic rings. The minimum atomic E-state index is -0.973. The van der Waals surface area contributed by atoms with E-state index in [1.54, 1.807) is 13.8 Å². The highest BCUT2D eigenvalue weighted by molar-refractivity contribution is 5.89. The minimum absolute atomic E-state index is 0.197. The summed E-state index contributed by atoms with van der Waals surface area (Å²) in [5.74, 6) is -2.96. The zero-order valence-corrected chi connectivity index (χ0v) is 8.39. The normalized spacial score (nSPS) is 34.7. The lowest BCUT2D eigenvalue weighted by atomic mass is 10.2. The fraction of sp³-hybridized carbons (Fsp3) is 0.667. The molecular formula is C9H12O6. The highest BCUT2D eigenvalue weighted by Gasteiger charge is 2.46. The molecule has 0 aliphatic carbocycles. The second-order valence-electron chi connectivity index (χ2n) is 3.93. The van der Waals surface area contributed by atoms with E-state index < -0.39 is 35.5 Å². The van der Waals surface area contributed by atoms with Crippen molar-refractivity contribution in [3.63, 3.8) is 0 Å². The molecule has 0 amide bonds. The molecule has 2 aliphatic heterocycles. The Labute approximate surface area is 86.0 Å². The first-order valence-corrected chi connectivity index (χ1v) is 4.55. The van der Waals surface area contributed by atoms with E-state index in [1.807, 2.05) is 0 Å². The van der Waals surface area contributed by atoms with Crippen molar-refractivity contribution in [3.05, 3.63) is 11.5 Å². The van der Waals surface area contributed by atoms with Crippen molar-refractivity contribution in [1.82, 2.24) is 0 Å². The van der Waals surface area contributed by atoms with E-state index in [-0.39, 0.29) is 6.61 Å². The van der Waals surface area contributed by atoms with Crippen molar-refractivity contribution in [2.75, 3.05) is 6.61 Å². The van der Waals surface area contributed by atoms with Crippen LogP contribution in [-0.2, 0) is 19.0 Å². The van der Waals surface area contributed by atoms with E-state index in [9.17, 15) is 9.90 Å². The SMILES string of the molecule is CC1(C)OCC([C@H]2OC(=O)C(O)=C2O)O1. The number of ether oxygens (including phenoxy) is 3. The molecule has 0 aromatic carbocycles. The van der Waals surface area contributed by atoms with Crippen LogP contribution in [0.5, 0.6) is 0 Å². The molecule has 0 saturated carbocycles. The maximum atomic E-state index is 10.9. The van der Waals surface area contributed by atoms with E-state index in [0.29, 0.717) is 0 Å². The largest absolute Gasteiger partial charge is 0.505 e. The molecule has 2 N–H and O–H groups in total. The Morgan fingerprint density at radius 2 is 2.07 bits per heavy atom. The summed E-state index contributed by atoms with van der Waals surface area (Å²) in [4.78, 5) is 10.9. The Kier molecular flexibility index (Phi) is 2.13. The molecule has 15 heavy (non-hydrogen) atoms. The summed E-state index contributed by atoms with van der Waals surface area (Å²) in [6.45, 7) is 3.62. The highest BCUT2D eigenvalue weighted by atomic mass is 16.8. The summed E-state index contributed by atoms with van der Waals surface area (Å²) in [7, 11) is 0. The summed E-state index contributed by atoms with van der Waals surface area (Å²) in [5, 5.41) is 18.5. The third kappa shape index (κ3) is 1.66. The molecule has 2 rings (SSSR count). The van der Waals surface area contributed by atoms with Crippen LogP contribution in [0.4, 0.5) is 0 Å². The number of cyclic esters (lactones) is 1. The van der Waals surface area contributed by atoms with E-state index in [1.165, 1.54) is 0 Å². The molecule has 1 fully saturated rings. The number of aliphatic hydroxyl groups is 2. The smallest absolute Gasteiger partial charge is 0.377 e. The van der Waals surface area contributed by atoms with Gasteiger partial charge in [-0.3, -0.25) is 0 Å².